The van der Waals surface area contributed by atoms with Crippen molar-refractivity contribution in [3.05, 3.63) is 27.7 Å². The Morgan fingerprint density at radius 1 is 1.53 bits per heavy atom. The summed E-state index contributed by atoms with van der Waals surface area (Å²) in [5.74, 6) is 0.440. The fraction of sp³-hybridized carbons (Fsp3) is 0.462. The van der Waals surface area contributed by atoms with Crippen LogP contribution in [0.25, 0.3) is 0 Å². The molecule has 0 aliphatic rings. The minimum absolute atomic E-state index is 0.0892. The van der Waals surface area contributed by atoms with Gasteiger partial charge in [0.05, 0.1) is 17.1 Å². The van der Waals surface area contributed by atoms with Gasteiger partial charge in [-0.3, -0.25) is 4.79 Å². The lowest BCUT2D eigenvalue weighted by atomic mass is 10.1. The number of carbonyl (C=O) groups excluding carboxylic acids is 1. The van der Waals surface area contributed by atoms with E-state index >= 15 is 0 Å². The Kier molecular flexibility index (Phi) is 6.62. The third kappa shape index (κ3) is 5.38. The van der Waals surface area contributed by atoms with Crippen LogP contribution in [0.15, 0.2) is 22.7 Å². The van der Waals surface area contributed by atoms with Crippen molar-refractivity contribution in [2.24, 2.45) is 5.92 Å². The van der Waals surface area contributed by atoms with Crippen LogP contribution in [0.4, 0.5) is 0 Å². The summed E-state index contributed by atoms with van der Waals surface area (Å²) in [4.78, 5) is 11.7. The third-order valence-electron chi connectivity index (χ3n) is 2.60. The van der Waals surface area contributed by atoms with E-state index in [-0.39, 0.29) is 31.1 Å². The number of halogens is 2. The van der Waals surface area contributed by atoms with Crippen LogP contribution in [0.5, 0.6) is 5.75 Å². The summed E-state index contributed by atoms with van der Waals surface area (Å²) in [5.41, 5.74) is 0. The fourth-order valence-corrected chi connectivity index (χ4v) is 2.20. The monoisotopic (exact) mass is 349 g/mol. The lowest BCUT2D eigenvalue weighted by Gasteiger charge is -2.20. The van der Waals surface area contributed by atoms with E-state index in [9.17, 15) is 4.79 Å². The average molecular weight is 351 g/mol. The van der Waals surface area contributed by atoms with Crippen LogP contribution in [0, 0.1) is 5.92 Å². The quantitative estimate of drug-likeness (QED) is 0.829. The number of carbonyl (C=O) groups is 1. The second kappa shape index (κ2) is 7.72. The van der Waals surface area contributed by atoms with Gasteiger partial charge in [-0.1, -0.05) is 25.4 Å². The molecule has 1 aromatic carbocycles. The Balaban J connectivity index is 2.50. The van der Waals surface area contributed by atoms with Crippen molar-refractivity contribution >= 4 is 33.4 Å². The first-order valence-corrected chi connectivity index (χ1v) is 7.09. The van der Waals surface area contributed by atoms with E-state index in [4.69, 9.17) is 21.4 Å². The highest BCUT2D eigenvalue weighted by molar-refractivity contribution is 9.10. The lowest BCUT2D eigenvalue weighted by molar-refractivity contribution is -0.124. The molecular formula is C13H17BrClNO3. The minimum Gasteiger partial charge on any atom is -0.483 e. The maximum absolute atomic E-state index is 11.7. The summed E-state index contributed by atoms with van der Waals surface area (Å²) >= 11 is 9.11. The van der Waals surface area contributed by atoms with Crippen LogP contribution in [0.3, 0.4) is 0 Å². The number of aliphatic hydroxyl groups is 1. The maximum atomic E-state index is 11.7. The molecule has 0 spiro atoms. The van der Waals surface area contributed by atoms with E-state index in [1.807, 2.05) is 13.8 Å². The van der Waals surface area contributed by atoms with E-state index in [1.165, 1.54) is 0 Å². The van der Waals surface area contributed by atoms with Gasteiger partial charge in [-0.15, -0.1) is 0 Å². The number of benzene rings is 1. The van der Waals surface area contributed by atoms with Gasteiger partial charge < -0.3 is 15.2 Å². The predicted octanol–water partition coefficient (Wildman–Crippen LogP) is 2.61. The largest absolute Gasteiger partial charge is 0.483 e. The maximum Gasteiger partial charge on any atom is 0.258 e. The van der Waals surface area contributed by atoms with E-state index < -0.39 is 0 Å². The lowest BCUT2D eigenvalue weighted by Crippen LogP contribution is -2.43. The highest BCUT2D eigenvalue weighted by Gasteiger charge is 2.15. The Labute approximate surface area is 126 Å². The van der Waals surface area contributed by atoms with Crippen LogP contribution in [-0.2, 0) is 4.79 Å². The van der Waals surface area contributed by atoms with Gasteiger partial charge in [0.25, 0.3) is 5.91 Å². The zero-order chi connectivity index (χ0) is 14.4. The molecule has 0 saturated heterocycles. The number of ether oxygens (including phenoxy) is 1. The summed E-state index contributed by atoms with van der Waals surface area (Å²) in [5, 5.41) is 12.4. The van der Waals surface area contributed by atoms with Crippen molar-refractivity contribution in [2.75, 3.05) is 13.2 Å². The SMILES string of the molecule is CC(C)[C@@H](CO)NC(=O)COc1ccc(Cl)cc1Br. The van der Waals surface area contributed by atoms with Gasteiger partial charge in [-0.25, -0.2) is 0 Å². The van der Waals surface area contributed by atoms with Crippen LogP contribution < -0.4 is 10.1 Å². The zero-order valence-corrected chi connectivity index (χ0v) is 13.2. The van der Waals surface area contributed by atoms with E-state index in [0.29, 0.717) is 15.2 Å². The molecule has 1 amide bonds. The topological polar surface area (TPSA) is 58.6 Å². The average Bonchev–Trinajstić information content (AvgIpc) is 2.34. The van der Waals surface area contributed by atoms with Gasteiger partial charge in [0, 0.05) is 5.02 Å². The Morgan fingerprint density at radius 2 is 2.21 bits per heavy atom. The smallest absolute Gasteiger partial charge is 0.258 e. The van der Waals surface area contributed by atoms with Gasteiger partial charge >= 0.3 is 0 Å². The highest BCUT2D eigenvalue weighted by Crippen LogP contribution is 2.27. The molecule has 0 bridgehead atoms. The number of hydrogen-bond donors (Lipinski definition) is 2. The van der Waals surface area contributed by atoms with Crippen molar-refractivity contribution < 1.29 is 14.6 Å². The normalized spacial score (nSPS) is 12.3. The first-order valence-electron chi connectivity index (χ1n) is 5.92. The number of rotatable bonds is 6. The molecule has 0 fully saturated rings. The third-order valence-corrected chi connectivity index (χ3v) is 3.46. The first-order chi connectivity index (χ1) is 8.93. The molecule has 1 atom stereocenters. The molecular weight excluding hydrogens is 334 g/mol. The van der Waals surface area contributed by atoms with Crippen molar-refractivity contribution in [2.45, 2.75) is 19.9 Å². The second-order valence-corrected chi connectivity index (χ2v) is 5.75. The number of nitrogens with one attached hydrogen (secondary N) is 1. The van der Waals surface area contributed by atoms with Crippen LogP contribution in [-0.4, -0.2) is 30.3 Å². The molecule has 1 rings (SSSR count). The van der Waals surface area contributed by atoms with Gasteiger partial charge in [-0.2, -0.15) is 0 Å². The van der Waals surface area contributed by atoms with Gasteiger partial charge in [0.15, 0.2) is 6.61 Å². The van der Waals surface area contributed by atoms with Crippen molar-refractivity contribution in [1.82, 2.24) is 5.32 Å². The Hall–Kier alpha value is -0.780. The van der Waals surface area contributed by atoms with Crippen LogP contribution in [0.2, 0.25) is 5.02 Å². The molecule has 106 valence electrons. The first kappa shape index (κ1) is 16.3. The summed E-state index contributed by atoms with van der Waals surface area (Å²) in [7, 11) is 0. The van der Waals surface area contributed by atoms with Gasteiger partial charge in [0.2, 0.25) is 0 Å². The van der Waals surface area contributed by atoms with Gasteiger partial charge in [0.1, 0.15) is 5.75 Å². The molecule has 0 unspecified atom stereocenters. The van der Waals surface area contributed by atoms with Crippen molar-refractivity contribution in [3.63, 3.8) is 0 Å². The van der Waals surface area contributed by atoms with E-state index in [0.717, 1.165) is 0 Å². The highest BCUT2D eigenvalue weighted by atomic mass is 79.9. The second-order valence-electron chi connectivity index (χ2n) is 4.46. The molecule has 1 aromatic rings. The van der Waals surface area contributed by atoms with E-state index in [1.54, 1.807) is 18.2 Å². The van der Waals surface area contributed by atoms with Crippen LogP contribution >= 0.6 is 27.5 Å². The minimum atomic E-state index is -0.269. The molecule has 6 heteroatoms. The zero-order valence-electron chi connectivity index (χ0n) is 10.8. The molecule has 0 aromatic heterocycles. The molecule has 19 heavy (non-hydrogen) atoms. The Morgan fingerprint density at radius 3 is 2.74 bits per heavy atom. The number of hydrogen-bond acceptors (Lipinski definition) is 3. The fourth-order valence-electron chi connectivity index (χ4n) is 1.41. The molecule has 0 aliphatic heterocycles. The summed E-state index contributed by atoms with van der Waals surface area (Å²) < 4.78 is 6.07. The molecule has 0 heterocycles. The molecule has 0 saturated carbocycles. The summed E-state index contributed by atoms with van der Waals surface area (Å²) in [6.07, 6.45) is 0. The standard InChI is InChI=1S/C13H17BrClNO3/c1-8(2)11(6-17)16-13(18)7-19-12-4-3-9(15)5-10(12)14/h3-5,8,11,17H,6-7H2,1-2H3,(H,16,18)/t11-/m1/s1. The molecule has 2 N–H and O–H groups in total. The Bertz CT molecular complexity index is 440. The summed E-state index contributed by atoms with van der Waals surface area (Å²) in [6.45, 7) is 3.66. The molecule has 0 aliphatic carbocycles. The van der Waals surface area contributed by atoms with E-state index in [2.05, 4.69) is 21.2 Å². The number of aliphatic hydroxyl groups excluding tert-OH is 1. The molecule has 4 nitrogen and oxygen atoms in total. The molecule has 0 radical (unpaired) electrons. The number of amides is 1. The van der Waals surface area contributed by atoms with Crippen LogP contribution in [0.1, 0.15) is 13.8 Å². The van der Waals surface area contributed by atoms with Crippen molar-refractivity contribution in [1.29, 1.82) is 0 Å². The predicted molar refractivity (Wildman–Crippen MR) is 78.5 cm³/mol. The summed E-state index contributed by atoms with van der Waals surface area (Å²) in [6, 6.07) is 4.81. The van der Waals surface area contributed by atoms with Gasteiger partial charge in [-0.05, 0) is 40.0 Å². The van der Waals surface area contributed by atoms with Crippen molar-refractivity contribution in [3.8, 4) is 5.75 Å².